The standard InChI is InChI=1S/C24H25ClN6O2.ClH/c1-29-19-9-8-14(22(27)32)11-17(19)20-21(23(29)33)31(12-15-5-2-3-7-18(15)25)24(28-20)30-10-4-6-16(26)13-30;/h2-3,5,7-9,11,16H,4,6,10,12-13,26H2,1H3,(H2,27,32);1H/t16-;/m1./s1. The molecule has 178 valence electrons. The van der Waals surface area contributed by atoms with Crippen molar-refractivity contribution >= 4 is 57.8 Å². The van der Waals surface area contributed by atoms with Gasteiger partial charge in [-0.05, 0) is 42.7 Å². The number of nitrogens with zero attached hydrogens (tertiary/aromatic N) is 4. The molecule has 0 aliphatic carbocycles. The Labute approximate surface area is 207 Å². The SMILES string of the molecule is Cl.Cn1c(=O)c2c(nc(N3CCC[C@@H](N)C3)n2Cc2ccccc2Cl)c2cc(C(N)=O)ccc21. The summed E-state index contributed by atoms with van der Waals surface area (Å²) < 4.78 is 3.51. The van der Waals surface area contributed by atoms with E-state index < -0.39 is 5.91 Å². The van der Waals surface area contributed by atoms with Crippen LogP contribution < -0.4 is 21.9 Å². The number of aryl methyl sites for hydroxylation is 1. The van der Waals surface area contributed by atoms with Gasteiger partial charge in [-0.15, -0.1) is 12.4 Å². The first-order chi connectivity index (χ1) is 15.8. The molecule has 2 aromatic heterocycles. The molecule has 1 fully saturated rings. The first-order valence-corrected chi connectivity index (χ1v) is 11.3. The lowest BCUT2D eigenvalue weighted by Crippen LogP contribution is -2.44. The number of amides is 1. The number of aromatic nitrogens is 3. The summed E-state index contributed by atoms with van der Waals surface area (Å²) in [6.45, 7) is 1.83. The number of piperidine rings is 1. The number of rotatable bonds is 4. The zero-order valence-corrected chi connectivity index (χ0v) is 20.3. The van der Waals surface area contributed by atoms with Crippen molar-refractivity contribution in [2.75, 3.05) is 18.0 Å². The fourth-order valence-corrected chi connectivity index (χ4v) is 4.86. The molecule has 0 saturated carbocycles. The summed E-state index contributed by atoms with van der Waals surface area (Å²) in [6, 6.07) is 12.7. The monoisotopic (exact) mass is 500 g/mol. The Morgan fingerprint density at radius 1 is 1.24 bits per heavy atom. The summed E-state index contributed by atoms with van der Waals surface area (Å²) in [4.78, 5) is 32.5. The number of hydrogen-bond donors (Lipinski definition) is 2. The zero-order chi connectivity index (χ0) is 23.3. The largest absolute Gasteiger partial charge is 0.366 e. The Balaban J connectivity index is 0.00000274. The normalized spacial score (nSPS) is 16.1. The Bertz CT molecular complexity index is 1460. The number of nitrogens with two attached hydrogens (primary N) is 2. The maximum Gasteiger partial charge on any atom is 0.277 e. The summed E-state index contributed by atoms with van der Waals surface area (Å²) in [5.41, 5.74) is 14.6. The molecule has 8 nitrogen and oxygen atoms in total. The first-order valence-electron chi connectivity index (χ1n) is 10.9. The molecule has 0 spiro atoms. The van der Waals surface area contributed by atoms with E-state index in [2.05, 4.69) is 4.90 Å². The highest BCUT2D eigenvalue weighted by atomic mass is 35.5. The van der Waals surface area contributed by atoms with Gasteiger partial charge >= 0.3 is 0 Å². The Morgan fingerprint density at radius 3 is 2.71 bits per heavy atom. The van der Waals surface area contributed by atoms with Crippen LogP contribution in [-0.4, -0.2) is 39.2 Å². The summed E-state index contributed by atoms with van der Waals surface area (Å²) in [5.74, 6) is 0.144. The van der Waals surface area contributed by atoms with Crippen LogP contribution in [0.3, 0.4) is 0 Å². The number of carbonyl (C=O) groups is 1. The van der Waals surface area contributed by atoms with Crippen molar-refractivity contribution in [2.45, 2.75) is 25.4 Å². The molecule has 4 aromatic rings. The van der Waals surface area contributed by atoms with Crippen molar-refractivity contribution in [2.24, 2.45) is 18.5 Å². The van der Waals surface area contributed by atoms with E-state index in [0.29, 0.717) is 51.6 Å². The predicted octanol–water partition coefficient (Wildman–Crippen LogP) is 3.04. The smallest absolute Gasteiger partial charge is 0.277 e. The van der Waals surface area contributed by atoms with Gasteiger partial charge in [0.15, 0.2) is 0 Å². The van der Waals surface area contributed by atoms with E-state index in [1.165, 1.54) is 0 Å². The number of anilines is 1. The molecule has 1 aliphatic rings. The zero-order valence-electron chi connectivity index (χ0n) is 18.7. The molecule has 10 heteroatoms. The van der Waals surface area contributed by atoms with Crippen LogP contribution in [0.4, 0.5) is 5.95 Å². The Morgan fingerprint density at radius 2 is 2.00 bits per heavy atom. The Kier molecular flexibility index (Phi) is 6.58. The summed E-state index contributed by atoms with van der Waals surface area (Å²) in [6.07, 6.45) is 1.90. The third kappa shape index (κ3) is 4.02. The maximum atomic E-state index is 13.6. The topological polar surface area (TPSA) is 112 Å². The fraction of sp³-hybridized carbons (Fsp3) is 0.292. The lowest BCUT2D eigenvalue weighted by atomic mass is 10.1. The van der Waals surface area contributed by atoms with Gasteiger partial charge in [0.2, 0.25) is 11.9 Å². The second-order valence-electron chi connectivity index (χ2n) is 8.60. The van der Waals surface area contributed by atoms with Crippen molar-refractivity contribution in [3.05, 3.63) is 69.0 Å². The summed E-state index contributed by atoms with van der Waals surface area (Å²) >= 11 is 6.47. The maximum absolute atomic E-state index is 13.6. The van der Waals surface area contributed by atoms with Gasteiger partial charge in [-0.25, -0.2) is 4.98 Å². The van der Waals surface area contributed by atoms with E-state index in [-0.39, 0.29) is 24.0 Å². The molecule has 0 bridgehead atoms. The van der Waals surface area contributed by atoms with Crippen LogP contribution in [-0.2, 0) is 13.6 Å². The fourth-order valence-electron chi connectivity index (χ4n) is 4.67. The van der Waals surface area contributed by atoms with Crippen molar-refractivity contribution in [1.29, 1.82) is 0 Å². The first kappa shape index (κ1) is 24.1. The number of carbonyl (C=O) groups excluding carboxylic acids is 1. The minimum Gasteiger partial charge on any atom is -0.366 e. The minimum absolute atomic E-state index is 0. The minimum atomic E-state index is -0.531. The van der Waals surface area contributed by atoms with Crippen LogP contribution >= 0.6 is 24.0 Å². The molecule has 0 unspecified atom stereocenters. The van der Waals surface area contributed by atoms with Crippen molar-refractivity contribution in [3.63, 3.8) is 0 Å². The van der Waals surface area contributed by atoms with Gasteiger partial charge in [-0.1, -0.05) is 29.8 Å². The summed E-state index contributed by atoms with van der Waals surface area (Å²) in [5, 5.41) is 1.32. The molecule has 1 amide bonds. The van der Waals surface area contributed by atoms with Crippen molar-refractivity contribution < 1.29 is 4.79 Å². The van der Waals surface area contributed by atoms with Crippen LogP contribution in [0.2, 0.25) is 5.02 Å². The van der Waals surface area contributed by atoms with Gasteiger partial charge in [0.25, 0.3) is 5.56 Å². The van der Waals surface area contributed by atoms with Crippen molar-refractivity contribution in [3.8, 4) is 0 Å². The van der Waals surface area contributed by atoms with E-state index >= 15 is 0 Å². The van der Waals surface area contributed by atoms with E-state index in [1.54, 1.807) is 29.8 Å². The van der Waals surface area contributed by atoms with Gasteiger partial charge in [0, 0.05) is 42.2 Å². The number of primary amides is 1. The molecular weight excluding hydrogens is 475 g/mol. The highest BCUT2D eigenvalue weighted by Gasteiger charge is 2.26. The molecular formula is C24H26Cl2N6O2. The number of hydrogen-bond acceptors (Lipinski definition) is 5. The number of benzene rings is 2. The highest BCUT2D eigenvalue weighted by molar-refractivity contribution is 6.31. The van der Waals surface area contributed by atoms with E-state index in [9.17, 15) is 9.59 Å². The lowest BCUT2D eigenvalue weighted by Gasteiger charge is -2.32. The molecule has 34 heavy (non-hydrogen) atoms. The highest BCUT2D eigenvalue weighted by Crippen LogP contribution is 2.30. The van der Waals surface area contributed by atoms with E-state index in [0.717, 1.165) is 24.9 Å². The second kappa shape index (κ2) is 9.29. The molecule has 1 saturated heterocycles. The molecule has 4 N–H and O–H groups in total. The average Bonchev–Trinajstić information content (AvgIpc) is 3.18. The van der Waals surface area contributed by atoms with Crippen LogP contribution in [0.25, 0.3) is 21.9 Å². The number of imidazole rings is 1. The number of fused-ring (bicyclic) bond motifs is 3. The molecule has 2 aromatic carbocycles. The summed E-state index contributed by atoms with van der Waals surface area (Å²) in [7, 11) is 1.72. The lowest BCUT2D eigenvalue weighted by molar-refractivity contribution is 0.100. The van der Waals surface area contributed by atoms with Gasteiger partial charge in [-0.2, -0.15) is 0 Å². The molecule has 1 atom stereocenters. The van der Waals surface area contributed by atoms with E-state index in [4.69, 9.17) is 28.1 Å². The second-order valence-corrected chi connectivity index (χ2v) is 9.00. The number of halogens is 2. The van der Waals surface area contributed by atoms with Gasteiger partial charge in [-0.3, -0.25) is 9.59 Å². The van der Waals surface area contributed by atoms with Crippen molar-refractivity contribution in [1.82, 2.24) is 14.1 Å². The van der Waals surface area contributed by atoms with Crippen LogP contribution in [0, 0.1) is 0 Å². The molecule has 1 aliphatic heterocycles. The van der Waals surface area contributed by atoms with E-state index in [1.807, 2.05) is 28.8 Å². The molecule has 5 rings (SSSR count). The van der Waals surface area contributed by atoms with Gasteiger partial charge in [0.05, 0.1) is 12.1 Å². The average molecular weight is 501 g/mol. The molecule has 3 heterocycles. The van der Waals surface area contributed by atoms with Crippen LogP contribution in [0.15, 0.2) is 47.3 Å². The predicted molar refractivity (Wildman–Crippen MR) is 138 cm³/mol. The number of pyridine rings is 1. The van der Waals surface area contributed by atoms with Crippen LogP contribution in [0.1, 0.15) is 28.8 Å². The third-order valence-electron chi connectivity index (χ3n) is 6.38. The van der Waals surface area contributed by atoms with Gasteiger partial charge < -0.3 is 25.5 Å². The van der Waals surface area contributed by atoms with Crippen LogP contribution in [0.5, 0.6) is 0 Å². The molecule has 0 radical (unpaired) electrons. The quantitative estimate of drug-likeness (QED) is 0.447. The third-order valence-corrected chi connectivity index (χ3v) is 6.75. The van der Waals surface area contributed by atoms with Gasteiger partial charge in [0.1, 0.15) is 11.0 Å². The Hall–Kier alpha value is -3.07.